The summed E-state index contributed by atoms with van der Waals surface area (Å²) in [6.45, 7) is 14.0. The Morgan fingerprint density at radius 1 is 1.24 bits per heavy atom. The molecule has 0 aliphatic carbocycles. The van der Waals surface area contributed by atoms with Gasteiger partial charge in [0.25, 0.3) is 0 Å². The lowest BCUT2D eigenvalue weighted by molar-refractivity contribution is -0.0596. The lowest BCUT2D eigenvalue weighted by atomic mass is 9.92. The average Bonchev–Trinajstić information content (AvgIpc) is 2.11. The Morgan fingerprint density at radius 2 is 1.76 bits per heavy atom. The van der Waals surface area contributed by atoms with Gasteiger partial charge in [-0.05, 0) is 39.0 Å². The van der Waals surface area contributed by atoms with Gasteiger partial charge in [-0.1, -0.05) is 13.8 Å². The van der Waals surface area contributed by atoms with Crippen LogP contribution in [0.15, 0.2) is 0 Å². The molecular formula is C14H29NO2. The normalized spacial score (nSPS) is 29.3. The number of rotatable bonds is 4. The fourth-order valence-electron chi connectivity index (χ4n) is 2.64. The maximum atomic E-state index is 9.97. The molecule has 102 valence electrons. The van der Waals surface area contributed by atoms with Crippen molar-refractivity contribution in [2.24, 2.45) is 11.8 Å². The van der Waals surface area contributed by atoms with Crippen LogP contribution in [0.25, 0.3) is 0 Å². The topological polar surface area (TPSA) is 32.7 Å². The van der Waals surface area contributed by atoms with E-state index in [9.17, 15) is 5.11 Å². The smallest absolute Gasteiger partial charge is 0.0900 e. The standard InChI is InChI=1S/C14H29NO2/c1-11-6-12(2)8-15(7-11)9-13(16)10-17-14(3,4)5/h11-13,16H,6-10H2,1-5H3/t11-,12-,13-/m0/s1. The van der Waals surface area contributed by atoms with Gasteiger partial charge in [-0.25, -0.2) is 0 Å². The molecule has 3 heteroatoms. The summed E-state index contributed by atoms with van der Waals surface area (Å²) in [5.41, 5.74) is -0.163. The van der Waals surface area contributed by atoms with E-state index in [2.05, 4.69) is 18.7 Å². The molecule has 17 heavy (non-hydrogen) atoms. The van der Waals surface area contributed by atoms with Gasteiger partial charge < -0.3 is 14.7 Å². The van der Waals surface area contributed by atoms with Crippen molar-refractivity contribution in [1.82, 2.24) is 4.90 Å². The zero-order chi connectivity index (χ0) is 13.1. The van der Waals surface area contributed by atoms with Crippen molar-refractivity contribution in [3.63, 3.8) is 0 Å². The van der Waals surface area contributed by atoms with Crippen LogP contribution in [0.3, 0.4) is 0 Å². The Labute approximate surface area is 106 Å². The minimum absolute atomic E-state index is 0.163. The highest BCUT2D eigenvalue weighted by molar-refractivity contribution is 4.76. The van der Waals surface area contributed by atoms with Crippen LogP contribution in [0.5, 0.6) is 0 Å². The third-order valence-corrected chi connectivity index (χ3v) is 3.12. The number of aliphatic hydroxyl groups excluding tert-OH is 1. The van der Waals surface area contributed by atoms with Crippen molar-refractivity contribution >= 4 is 0 Å². The van der Waals surface area contributed by atoms with Gasteiger partial charge in [0.05, 0.1) is 18.3 Å². The highest BCUT2D eigenvalue weighted by Crippen LogP contribution is 2.21. The van der Waals surface area contributed by atoms with Gasteiger partial charge in [0.15, 0.2) is 0 Å². The van der Waals surface area contributed by atoms with Crippen molar-refractivity contribution in [3.05, 3.63) is 0 Å². The van der Waals surface area contributed by atoms with E-state index in [1.807, 2.05) is 20.8 Å². The fourth-order valence-corrected chi connectivity index (χ4v) is 2.64. The van der Waals surface area contributed by atoms with Gasteiger partial charge in [-0.3, -0.25) is 0 Å². The molecule has 0 aromatic rings. The molecule has 1 N–H and O–H groups in total. The molecule has 0 aromatic carbocycles. The molecule has 0 radical (unpaired) electrons. The van der Waals surface area contributed by atoms with E-state index < -0.39 is 0 Å². The molecule has 0 spiro atoms. The van der Waals surface area contributed by atoms with E-state index in [4.69, 9.17) is 4.74 Å². The molecule has 1 saturated heterocycles. The minimum Gasteiger partial charge on any atom is -0.389 e. The second-order valence-corrected chi connectivity index (χ2v) is 6.74. The van der Waals surface area contributed by atoms with E-state index >= 15 is 0 Å². The summed E-state index contributed by atoms with van der Waals surface area (Å²) in [6, 6.07) is 0. The Bertz CT molecular complexity index is 215. The van der Waals surface area contributed by atoms with E-state index in [1.165, 1.54) is 6.42 Å². The lowest BCUT2D eigenvalue weighted by Gasteiger charge is -2.36. The van der Waals surface area contributed by atoms with Crippen LogP contribution < -0.4 is 0 Å². The third-order valence-electron chi connectivity index (χ3n) is 3.12. The van der Waals surface area contributed by atoms with Gasteiger partial charge in [0.1, 0.15) is 0 Å². The number of β-amino-alcohol motifs (C(OH)–C–C–N with tert-alkyl or cyclic N) is 1. The van der Waals surface area contributed by atoms with Crippen LogP contribution in [-0.2, 0) is 4.74 Å². The van der Waals surface area contributed by atoms with Crippen LogP contribution in [0, 0.1) is 11.8 Å². The molecule has 1 heterocycles. The molecule has 3 atom stereocenters. The Morgan fingerprint density at radius 3 is 2.24 bits per heavy atom. The molecule has 0 aromatic heterocycles. The second-order valence-electron chi connectivity index (χ2n) is 6.74. The molecule has 0 bridgehead atoms. The highest BCUT2D eigenvalue weighted by Gasteiger charge is 2.24. The molecule has 1 aliphatic rings. The minimum atomic E-state index is -0.369. The molecule has 1 aliphatic heterocycles. The maximum Gasteiger partial charge on any atom is 0.0900 e. The Kier molecular flexibility index (Phi) is 5.42. The highest BCUT2D eigenvalue weighted by atomic mass is 16.5. The summed E-state index contributed by atoms with van der Waals surface area (Å²) >= 11 is 0. The fraction of sp³-hybridized carbons (Fsp3) is 1.00. The van der Waals surface area contributed by atoms with Crippen molar-refractivity contribution in [1.29, 1.82) is 0 Å². The third kappa shape index (κ3) is 6.39. The summed E-state index contributed by atoms with van der Waals surface area (Å²) in [7, 11) is 0. The van der Waals surface area contributed by atoms with Crippen molar-refractivity contribution in [2.45, 2.75) is 52.7 Å². The monoisotopic (exact) mass is 243 g/mol. The zero-order valence-electron chi connectivity index (χ0n) is 12.1. The first-order chi connectivity index (χ1) is 7.76. The predicted molar refractivity (Wildman–Crippen MR) is 71.1 cm³/mol. The number of hydrogen-bond donors (Lipinski definition) is 1. The number of nitrogens with zero attached hydrogens (tertiary/aromatic N) is 1. The summed E-state index contributed by atoms with van der Waals surface area (Å²) in [6.07, 6.45) is 0.942. The van der Waals surface area contributed by atoms with Crippen LogP contribution in [-0.4, -0.2) is 48.0 Å². The number of ether oxygens (including phenoxy) is 1. The number of piperidine rings is 1. The zero-order valence-corrected chi connectivity index (χ0v) is 12.1. The van der Waals surface area contributed by atoms with Crippen LogP contribution in [0.2, 0.25) is 0 Å². The predicted octanol–water partition coefficient (Wildman–Crippen LogP) is 2.14. The van der Waals surface area contributed by atoms with E-state index in [1.54, 1.807) is 0 Å². The molecule has 1 fully saturated rings. The van der Waals surface area contributed by atoms with E-state index in [-0.39, 0.29) is 11.7 Å². The van der Waals surface area contributed by atoms with Crippen LogP contribution in [0.1, 0.15) is 41.0 Å². The van der Waals surface area contributed by atoms with Gasteiger partial charge in [-0.2, -0.15) is 0 Å². The Balaban J connectivity index is 2.28. The second kappa shape index (κ2) is 6.17. The summed E-state index contributed by atoms with van der Waals surface area (Å²) in [5, 5.41) is 9.97. The molecular weight excluding hydrogens is 214 g/mol. The number of aliphatic hydroxyl groups is 1. The van der Waals surface area contributed by atoms with E-state index in [0.717, 1.165) is 31.5 Å². The van der Waals surface area contributed by atoms with Gasteiger partial charge >= 0.3 is 0 Å². The van der Waals surface area contributed by atoms with Gasteiger partial charge in [-0.15, -0.1) is 0 Å². The van der Waals surface area contributed by atoms with E-state index in [0.29, 0.717) is 6.61 Å². The molecule has 0 unspecified atom stereocenters. The lowest BCUT2D eigenvalue weighted by Crippen LogP contribution is -2.44. The van der Waals surface area contributed by atoms with Crippen molar-refractivity contribution < 1.29 is 9.84 Å². The first-order valence-corrected chi connectivity index (χ1v) is 6.80. The summed E-state index contributed by atoms with van der Waals surface area (Å²) in [4.78, 5) is 2.37. The van der Waals surface area contributed by atoms with Gasteiger partial charge in [0.2, 0.25) is 0 Å². The van der Waals surface area contributed by atoms with Crippen molar-refractivity contribution in [3.8, 4) is 0 Å². The van der Waals surface area contributed by atoms with Crippen LogP contribution in [0.4, 0.5) is 0 Å². The van der Waals surface area contributed by atoms with Crippen molar-refractivity contribution in [2.75, 3.05) is 26.2 Å². The molecule has 0 saturated carbocycles. The molecule has 1 rings (SSSR count). The largest absolute Gasteiger partial charge is 0.389 e. The molecule has 3 nitrogen and oxygen atoms in total. The SMILES string of the molecule is C[C@H]1C[C@H](C)CN(C[C@H](O)COC(C)(C)C)C1. The molecule has 0 amide bonds. The van der Waals surface area contributed by atoms with Crippen LogP contribution >= 0.6 is 0 Å². The maximum absolute atomic E-state index is 9.97. The number of likely N-dealkylation sites (tertiary alicyclic amines) is 1. The summed E-state index contributed by atoms with van der Waals surface area (Å²) in [5.74, 6) is 1.49. The average molecular weight is 243 g/mol. The summed E-state index contributed by atoms with van der Waals surface area (Å²) < 4.78 is 5.61. The Hall–Kier alpha value is -0.120. The first-order valence-electron chi connectivity index (χ1n) is 6.80. The number of hydrogen-bond acceptors (Lipinski definition) is 3. The first kappa shape index (κ1) is 14.9. The van der Waals surface area contributed by atoms with Gasteiger partial charge in [0, 0.05) is 19.6 Å². The quantitative estimate of drug-likeness (QED) is 0.821.